The maximum Gasteiger partial charge on any atom is 0.358 e. The number of primary amides is 1. The minimum atomic E-state index is -3.03. The lowest BCUT2D eigenvalue weighted by Crippen LogP contribution is -2.68. The number of aliphatic hydroxyl groups excluding tert-OH is 3. The van der Waals surface area contributed by atoms with Crippen molar-refractivity contribution >= 4 is 23.2 Å². The van der Waals surface area contributed by atoms with Gasteiger partial charge in [-0.05, 0) is 25.6 Å². The van der Waals surface area contributed by atoms with E-state index >= 15 is 0 Å². The number of ketones is 2. The highest BCUT2D eigenvalue weighted by Gasteiger charge is 2.67. The SMILES string of the molecule is C[C@H]1c2ccc([N+](=O)O)c(O)c2C(=O)C2=C(O)[C@]3(O)C(=O)C(C(N)=O)=C(O)[C@@H](N(C)C)[C@@H]3[C@@H](O)[C@@H]21. The van der Waals surface area contributed by atoms with Crippen molar-refractivity contribution in [3.63, 3.8) is 0 Å². The van der Waals surface area contributed by atoms with Crippen LogP contribution in [0.15, 0.2) is 34.8 Å². The third-order valence-electron chi connectivity index (χ3n) is 7.32. The van der Waals surface area contributed by atoms with Crippen molar-refractivity contribution in [3.05, 3.63) is 50.8 Å². The standard InChI is InChI=1S/C22H23N3O10/c1-6-7-4-5-8(25(34)35)15(26)10(7)16(27)11-9(6)17(28)13-14(24(2)3)18(29)12(21(23)32)20(31)22(13,33)19(11)30/h4-6,9,13-14,17,28,33H,1-3H3,(H5-,23,26,27,29,30,31,32,34,35)/p+1/t6-,9+,13+,14-,17-,22-/m0/s1. The van der Waals surface area contributed by atoms with Crippen molar-refractivity contribution in [2.45, 2.75) is 30.6 Å². The minimum Gasteiger partial charge on any atom is -0.510 e. The number of phenols is 1. The number of amides is 1. The molecule has 186 valence electrons. The number of benzene rings is 1. The Morgan fingerprint density at radius 3 is 2.29 bits per heavy atom. The monoisotopic (exact) mass is 490 g/mol. The summed E-state index contributed by atoms with van der Waals surface area (Å²) in [4.78, 5) is 50.8. The molecule has 0 heterocycles. The maximum absolute atomic E-state index is 13.5. The molecule has 0 aliphatic heterocycles. The van der Waals surface area contributed by atoms with Gasteiger partial charge in [0.15, 0.2) is 11.4 Å². The fourth-order valence-electron chi connectivity index (χ4n) is 5.77. The summed E-state index contributed by atoms with van der Waals surface area (Å²) in [6.07, 6.45) is -1.72. The van der Waals surface area contributed by atoms with Crippen LogP contribution in [0.25, 0.3) is 0 Å². The summed E-state index contributed by atoms with van der Waals surface area (Å²) >= 11 is 0. The summed E-state index contributed by atoms with van der Waals surface area (Å²) in [6, 6.07) is 0.987. The minimum absolute atomic E-state index is 0.172. The number of rotatable bonds is 3. The molecule has 0 unspecified atom stereocenters. The van der Waals surface area contributed by atoms with Crippen molar-refractivity contribution in [1.82, 2.24) is 4.90 Å². The first-order valence-corrected chi connectivity index (χ1v) is 10.5. The third kappa shape index (κ3) is 2.89. The Morgan fingerprint density at radius 1 is 1.17 bits per heavy atom. The van der Waals surface area contributed by atoms with Crippen molar-refractivity contribution < 1.29 is 50.0 Å². The van der Waals surface area contributed by atoms with Gasteiger partial charge in [-0.3, -0.25) is 19.3 Å². The van der Waals surface area contributed by atoms with Crippen molar-refractivity contribution in [2.75, 3.05) is 14.1 Å². The molecule has 0 fully saturated rings. The Kier molecular flexibility index (Phi) is 5.28. The van der Waals surface area contributed by atoms with Gasteiger partial charge in [0.2, 0.25) is 11.5 Å². The summed E-state index contributed by atoms with van der Waals surface area (Å²) in [7, 11) is 2.87. The number of hydrogen-bond acceptors (Lipinski definition) is 10. The number of nitrogens with two attached hydrogens (primary N) is 1. The van der Waals surface area contributed by atoms with Gasteiger partial charge in [0.1, 0.15) is 17.1 Å². The molecular formula is C22H24N3O10+. The third-order valence-corrected chi connectivity index (χ3v) is 7.32. The molecule has 1 aromatic carbocycles. The average molecular weight is 490 g/mol. The number of aliphatic hydroxyl groups is 4. The van der Waals surface area contributed by atoms with Crippen LogP contribution >= 0.6 is 0 Å². The van der Waals surface area contributed by atoms with E-state index in [1.165, 1.54) is 25.1 Å². The molecule has 6 atom stereocenters. The van der Waals surface area contributed by atoms with Crippen LogP contribution in [0.5, 0.6) is 5.75 Å². The number of fused-ring (bicyclic) bond motifs is 3. The average Bonchev–Trinajstić information content (AvgIpc) is 2.75. The van der Waals surface area contributed by atoms with E-state index in [1.807, 2.05) is 0 Å². The quantitative estimate of drug-likeness (QED) is 0.210. The zero-order chi connectivity index (χ0) is 26.3. The topological polar surface area (TPSA) is 222 Å². The summed E-state index contributed by atoms with van der Waals surface area (Å²) in [5.74, 6) is -10.5. The highest BCUT2D eigenvalue weighted by atomic mass is 16.6. The zero-order valence-corrected chi connectivity index (χ0v) is 18.8. The molecule has 8 N–H and O–H groups in total. The van der Waals surface area contributed by atoms with Gasteiger partial charge in [0, 0.05) is 17.6 Å². The molecule has 3 aliphatic carbocycles. The predicted octanol–water partition coefficient (Wildman–Crippen LogP) is -0.548. The zero-order valence-electron chi connectivity index (χ0n) is 18.8. The summed E-state index contributed by atoms with van der Waals surface area (Å²) < 4.78 is 0. The van der Waals surface area contributed by atoms with Crippen LogP contribution in [0.2, 0.25) is 0 Å². The highest BCUT2D eigenvalue weighted by molar-refractivity contribution is 6.25. The summed E-state index contributed by atoms with van der Waals surface area (Å²) in [6.45, 7) is 1.55. The largest absolute Gasteiger partial charge is 0.510 e. The van der Waals surface area contributed by atoms with Gasteiger partial charge in [-0.25, -0.2) is 5.21 Å². The van der Waals surface area contributed by atoms with Gasteiger partial charge in [-0.2, -0.15) is 0 Å². The molecule has 0 saturated heterocycles. The van der Waals surface area contributed by atoms with Crippen LogP contribution in [0.1, 0.15) is 28.8 Å². The van der Waals surface area contributed by atoms with E-state index in [4.69, 9.17) is 5.73 Å². The number of Topliss-reactive ketones (excluding diaryl/α,β-unsaturated/α-hetero) is 2. The second-order valence-electron chi connectivity index (χ2n) is 9.22. The molecule has 0 aromatic heterocycles. The Bertz CT molecular complexity index is 1280. The number of likely N-dealkylation sites (N-methyl/N-ethyl adjacent to an activating group) is 1. The number of carbonyl (C=O) groups is 3. The lowest BCUT2D eigenvalue weighted by Gasteiger charge is -2.53. The van der Waals surface area contributed by atoms with Crippen LogP contribution in [0, 0.1) is 16.7 Å². The molecule has 3 aliphatic rings. The molecule has 4 rings (SSSR count). The summed E-state index contributed by atoms with van der Waals surface area (Å²) in [5.41, 5.74) is -0.354. The fraction of sp³-hybridized carbons (Fsp3) is 0.409. The van der Waals surface area contributed by atoms with Gasteiger partial charge in [-0.15, -0.1) is 0 Å². The van der Waals surface area contributed by atoms with Crippen LogP contribution in [-0.2, 0) is 9.59 Å². The van der Waals surface area contributed by atoms with E-state index in [0.717, 1.165) is 6.07 Å². The Balaban J connectivity index is 2.06. The lowest BCUT2D eigenvalue weighted by atomic mass is 9.55. The molecule has 13 nitrogen and oxygen atoms in total. The second kappa shape index (κ2) is 7.60. The predicted molar refractivity (Wildman–Crippen MR) is 115 cm³/mol. The molecule has 0 spiro atoms. The van der Waals surface area contributed by atoms with Gasteiger partial charge in [0.05, 0.1) is 28.5 Å². The number of aromatic hydroxyl groups is 1. The Labute approximate surface area is 197 Å². The summed E-state index contributed by atoms with van der Waals surface area (Å²) in [5, 5.41) is 64.7. The van der Waals surface area contributed by atoms with Gasteiger partial charge >= 0.3 is 5.69 Å². The Morgan fingerprint density at radius 2 is 1.77 bits per heavy atom. The van der Waals surface area contributed by atoms with Crippen molar-refractivity contribution in [2.24, 2.45) is 17.6 Å². The van der Waals surface area contributed by atoms with E-state index in [1.54, 1.807) is 6.92 Å². The van der Waals surface area contributed by atoms with Crippen molar-refractivity contribution in [1.29, 1.82) is 0 Å². The van der Waals surface area contributed by atoms with E-state index in [0.29, 0.717) is 0 Å². The second-order valence-corrected chi connectivity index (χ2v) is 9.22. The van der Waals surface area contributed by atoms with Crippen LogP contribution in [0.3, 0.4) is 0 Å². The molecule has 0 radical (unpaired) electrons. The van der Waals surface area contributed by atoms with E-state index in [9.17, 15) is 50.0 Å². The van der Waals surface area contributed by atoms with E-state index in [2.05, 4.69) is 0 Å². The molecule has 1 aromatic rings. The first kappa shape index (κ1) is 24.3. The normalized spacial score (nSPS) is 32.3. The first-order chi connectivity index (χ1) is 16.2. The number of hydrogen-bond donors (Lipinski definition) is 7. The van der Waals surface area contributed by atoms with E-state index in [-0.39, 0.29) is 5.56 Å². The smallest absolute Gasteiger partial charge is 0.358 e. The van der Waals surface area contributed by atoms with E-state index < -0.39 is 97.6 Å². The van der Waals surface area contributed by atoms with Crippen molar-refractivity contribution in [3.8, 4) is 5.75 Å². The van der Waals surface area contributed by atoms with Crippen LogP contribution in [0.4, 0.5) is 5.69 Å². The molecule has 1 amide bonds. The lowest BCUT2D eigenvalue weighted by molar-refractivity contribution is -0.730. The number of nitrogens with zero attached hydrogens (tertiary/aromatic N) is 2. The van der Waals surface area contributed by atoms with Gasteiger partial charge in [-0.1, -0.05) is 13.0 Å². The molecule has 0 saturated carbocycles. The first-order valence-electron chi connectivity index (χ1n) is 10.5. The van der Waals surface area contributed by atoms with Gasteiger partial charge in [0.25, 0.3) is 10.8 Å². The van der Waals surface area contributed by atoms with Crippen LogP contribution < -0.4 is 5.73 Å². The van der Waals surface area contributed by atoms with Gasteiger partial charge < -0.3 is 31.3 Å². The highest BCUT2D eigenvalue weighted by Crippen LogP contribution is 2.56. The van der Waals surface area contributed by atoms with Crippen LogP contribution in [-0.4, -0.2) is 89.9 Å². The number of phenolic OH excluding ortho intramolecular Hbond substituents is 1. The molecule has 0 bridgehead atoms. The maximum atomic E-state index is 13.5. The molecule has 35 heavy (non-hydrogen) atoms. The Hall–Kier alpha value is -3.81. The molecule has 13 heteroatoms. The molecular weight excluding hydrogens is 466 g/mol. The number of carbonyl (C=O) groups excluding carboxylic acids is 3. The fourth-order valence-corrected chi connectivity index (χ4v) is 5.77.